The number of methoxy groups -OCH3 is 1. The van der Waals surface area contributed by atoms with Crippen molar-refractivity contribution in [3.63, 3.8) is 0 Å². The molecule has 2 unspecified atom stereocenters. The van der Waals surface area contributed by atoms with Crippen molar-refractivity contribution in [1.82, 2.24) is 9.55 Å². The Morgan fingerprint density at radius 3 is 2.76 bits per heavy atom. The molecule has 34 heavy (non-hydrogen) atoms. The number of ether oxygens (including phenoxy) is 2. The lowest BCUT2D eigenvalue weighted by Crippen LogP contribution is -2.22. The number of pyridine rings is 1. The number of amides is 1. The first kappa shape index (κ1) is 24.1. The Bertz CT molecular complexity index is 1220. The summed E-state index contributed by atoms with van der Waals surface area (Å²) in [4.78, 5) is 28.0. The number of nitrogens with zero attached hydrogens (tertiary/aromatic N) is 2. The van der Waals surface area contributed by atoms with Crippen LogP contribution in [0.25, 0.3) is 22.2 Å². The van der Waals surface area contributed by atoms with Gasteiger partial charge in [0.15, 0.2) is 0 Å². The number of rotatable bonds is 10. The number of anilines is 1. The van der Waals surface area contributed by atoms with Gasteiger partial charge in [-0.05, 0) is 36.7 Å². The van der Waals surface area contributed by atoms with Gasteiger partial charge in [0.05, 0.1) is 12.7 Å². The zero-order valence-corrected chi connectivity index (χ0v) is 20.9. The molecule has 2 atom stereocenters. The van der Waals surface area contributed by atoms with Crippen molar-refractivity contribution in [3.8, 4) is 16.9 Å². The topological polar surface area (TPSA) is 82.4 Å². The van der Waals surface area contributed by atoms with Crippen LogP contribution in [-0.4, -0.2) is 43.5 Å². The lowest BCUT2D eigenvalue weighted by atomic mass is 10.0. The molecule has 9 heteroatoms. The molecular formula is C25H30FN3O4Si. The van der Waals surface area contributed by atoms with Gasteiger partial charge >= 0.3 is 0 Å². The summed E-state index contributed by atoms with van der Waals surface area (Å²) in [6.07, 6.45) is 3.19. The molecule has 1 aromatic carbocycles. The number of carbonyl (C=O) groups excluding carboxylic acids is 2. The second kappa shape index (κ2) is 9.67. The number of hydrogen-bond acceptors (Lipinski definition) is 5. The molecule has 1 aliphatic carbocycles. The fourth-order valence-corrected chi connectivity index (χ4v) is 4.65. The third kappa shape index (κ3) is 5.20. The molecule has 7 nitrogen and oxygen atoms in total. The lowest BCUT2D eigenvalue weighted by Gasteiger charge is -2.15. The molecule has 1 aliphatic rings. The number of carbonyl (C=O) groups is 2. The predicted octanol–water partition coefficient (Wildman–Crippen LogP) is 4.94. The van der Waals surface area contributed by atoms with E-state index in [0.29, 0.717) is 46.8 Å². The van der Waals surface area contributed by atoms with Crippen molar-refractivity contribution in [2.75, 3.05) is 19.0 Å². The summed E-state index contributed by atoms with van der Waals surface area (Å²) in [7, 11) is 0.261. The highest BCUT2D eigenvalue weighted by Gasteiger charge is 2.42. The highest BCUT2D eigenvalue weighted by molar-refractivity contribution is 6.76. The van der Waals surface area contributed by atoms with Crippen LogP contribution in [-0.2, 0) is 21.1 Å². The third-order valence-electron chi connectivity index (χ3n) is 6.02. The van der Waals surface area contributed by atoms with Gasteiger partial charge < -0.3 is 24.2 Å². The molecule has 1 N–H and O–H groups in total. The first-order valence-corrected chi connectivity index (χ1v) is 15.1. The molecule has 0 saturated heterocycles. The molecule has 2 heterocycles. The van der Waals surface area contributed by atoms with Crippen molar-refractivity contribution in [2.45, 2.75) is 38.8 Å². The van der Waals surface area contributed by atoms with Gasteiger partial charge in [-0.15, -0.1) is 0 Å². The molecule has 1 saturated carbocycles. The second-order valence-corrected chi connectivity index (χ2v) is 15.5. The minimum Gasteiger partial charge on any atom is -0.496 e. The number of aldehydes is 1. The summed E-state index contributed by atoms with van der Waals surface area (Å²) in [6, 6.07) is 9.23. The van der Waals surface area contributed by atoms with Crippen LogP contribution >= 0.6 is 0 Å². The van der Waals surface area contributed by atoms with E-state index < -0.39 is 13.9 Å². The highest BCUT2D eigenvalue weighted by atomic mass is 28.3. The van der Waals surface area contributed by atoms with Crippen LogP contribution in [0.2, 0.25) is 25.7 Å². The normalized spacial score (nSPS) is 17.6. The summed E-state index contributed by atoms with van der Waals surface area (Å²) in [6.45, 7) is 7.73. The number of benzene rings is 1. The number of nitrogens with one attached hydrogen (secondary N) is 1. The Hall–Kier alpha value is -3.04. The van der Waals surface area contributed by atoms with E-state index in [1.807, 2.05) is 16.8 Å². The van der Waals surface area contributed by atoms with E-state index in [4.69, 9.17) is 9.47 Å². The first-order valence-electron chi connectivity index (χ1n) is 11.4. The van der Waals surface area contributed by atoms with Crippen LogP contribution in [0, 0.1) is 17.7 Å². The molecule has 4 rings (SSSR count). The van der Waals surface area contributed by atoms with Crippen LogP contribution in [0.3, 0.4) is 0 Å². The maximum atomic E-state index is 14.9. The van der Waals surface area contributed by atoms with Crippen LogP contribution in [0.4, 0.5) is 10.2 Å². The molecule has 1 fully saturated rings. The fourth-order valence-electron chi connectivity index (χ4n) is 3.89. The summed E-state index contributed by atoms with van der Waals surface area (Å²) in [5.41, 5.74) is 1.54. The molecule has 0 radical (unpaired) electrons. The van der Waals surface area contributed by atoms with E-state index in [2.05, 4.69) is 29.9 Å². The molecular weight excluding hydrogens is 453 g/mol. The van der Waals surface area contributed by atoms with Gasteiger partial charge in [0.25, 0.3) is 0 Å². The van der Waals surface area contributed by atoms with Crippen molar-refractivity contribution in [2.24, 2.45) is 11.8 Å². The molecule has 0 aliphatic heterocycles. The summed E-state index contributed by atoms with van der Waals surface area (Å²) < 4.78 is 28.1. The molecule has 0 spiro atoms. The minimum absolute atomic E-state index is 0.215. The highest BCUT2D eigenvalue weighted by Crippen LogP contribution is 2.39. The van der Waals surface area contributed by atoms with E-state index >= 15 is 0 Å². The van der Waals surface area contributed by atoms with Gasteiger partial charge in [-0.1, -0.05) is 25.7 Å². The van der Waals surface area contributed by atoms with Gasteiger partial charge in [-0.3, -0.25) is 4.79 Å². The first-order chi connectivity index (χ1) is 16.2. The van der Waals surface area contributed by atoms with Gasteiger partial charge in [0.2, 0.25) is 5.91 Å². The van der Waals surface area contributed by atoms with E-state index in [1.54, 1.807) is 18.2 Å². The van der Waals surface area contributed by atoms with Crippen molar-refractivity contribution >= 4 is 37.1 Å². The molecule has 180 valence electrons. The zero-order chi connectivity index (χ0) is 24.5. The Kier molecular flexibility index (Phi) is 6.86. The standard InChI is InChI=1S/C25H30FN3O4Si/c1-32-21-7-5-6-20(26)23(21)19-13-29(15-33-10-11-34(2,3)4)24-17(19)8-9-22(27-24)28-25(31)18-12-16(18)14-30/h5-9,13-14,16,18H,10-12,15H2,1-4H3,(H,27,28,31). The van der Waals surface area contributed by atoms with Crippen LogP contribution in [0.15, 0.2) is 36.5 Å². The Labute approximate surface area is 199 Å². The van der Waals surface area contributed by atoms with Crippen LogP contribution in [0.5, 0.6) is 5.75 Å². The fraction of sp³-hybridized carbons (Fsp3) is 0.400. The van der Waals surface area contributed by atoms with E-state index in [-0.39, 0.29) is 24.5 Å². The average Bonchev–Trinajstić information content (AvgIpc) is 3.51. The van der Waals surface area contributed by atoms with Gasteiger partial charge in [0.1, 0.15) is 36.0 Å². The van der Waals surface area contributed by atoms with Gasteiger partial charge in [0, 0.05) is 43.7 Å². The van der Waals surface area contributed by atoms with Crippen molar-refractivity contribution in [1.29, 1.82) is 0 Å². The molecule has 3 aromatic rings. The largest absolute Gasteiger partial charge is 0.496 e. The minimum atomic E-state index is -1.25. The van der Waals surface area contributed by atoms with Crippen molar-refractivity contribution < 1.29 is 23.5 Å². The Morgan fingerprint density at radius 2 is 2.09 bits per heavy atom. The molecule has 2 aromatic heterocycles. The summed E-state index contributed by atoms with van der Waals surface area (Å²) in [5, 5.41) is 3.52. The van der Waals surface area contributed by atoms with E-state index in [1.165, 1.54) is 13.2 Å². The molecule has 0 bridgehead atoms. The lowest BCUT2D eigenvalue weighted by molar-refractivity contribution is -0.119. The monoisotopic (exact) mass is 483 g/mol. The predicted molar refractivity (Wildman–Crippen MR) is 132 cm³/mol. The number of hydrogen-bond donors (Lipinski definition) is 1. The van der Waals surface area contributed by atoms with Gasteiger partial charge in [-0.25, -0.2) is 9.37 Å². The maximum absolute atomic E-state index is 14.9. The average molecular weight is 484 g/mol. The summed E-state index contributed by atoms with van der Waals surface area (Å²) in [5.74, 6) is -0.335. The smallest absolute Gasteiger partial charge is 0.229 e. The van der Waals surface area contributed by atoms with E-state index in [9.17, 15) is 14.0 Å². The number of fused-ring (bicyclic) bond motifs is 1. The third-order valence-corrected chi connectivity index (χ3v) is 7.72. The van der Waals surface area contributed by atoms with Crippen LogP contribution in [0.1, 0.15) is 6.42 Å². The second-order valence-electron chi connectivity index (χ2n) is 9.88. The Morgan fingerprint density at radius 1 is 1.29 bits per heavy atom. The number of aromatic nitrogens is 2. The number of halogens is 1. The Balaban J connectivity index is 1.69. The summed E-state index contributed by atoms with van der Waals surface area (Å²) >= 11 is 0. The zero-order valence-electron chi connectivity index (χ0n) is 19.9. The SMILES string of the molecule is COc1cccc(F)c1-c1cn(COCC[Si](C)(C)C)c2nc(NC(=O)C3CC3C=O)ccc12. The quantitative estimate of drug-likeness (QED) is 0.251. The van der Waals surface area contributed by atoms with Crippen LogP contribution < -0.4 is 10.1 Å². The maximum Gasteiger partial charge on any atom is 0.229 e. The van der Waals surface area contributed by atoms with Crippen molar-refractivity contribution in [3.05, 3.63) is 42.3 Å². The van der Waals surface area contributed by atoms with E-state index in [0.717, 1.165) is 12.3 Å². The molecule has 1 amide bonds. The van der Waals surface area contributed by atoms with Gasteiger partial charge in [-0.2, -0.15) is 0 Å².